The Morgan fingerprint density at radius 3 is 3.11 bits per heavy atom. The molecule has 0 aromatic heterocycles. The van der Waals surface area contributed by atoms with Gasteiger partial charge >= 0.3 is 0 Å². The fourth-order valence-electron chi connectivity index (χ4n) is 2.74. The Bertz CT molecular complexity index is 389. The molecule has 0 aliphatic carbocycles. The molecule has 2 aliphatic heterocycles. The molecule has 0 atom stereocenters. The molecule has 1 N–H and O–H groups in total. The summed E-state index contributed by atoms with van der Waals surface area (Å²) in [6, 6.07) is 6.68. The number of nitrogens with one attached hydrogen (secondary N) is 1. The Balaban J connectivity index is 0.00000120. The molecule has 1 fully saturated rings. The van der Waals surface area contributed by atoms with E-state index in [1.54, 1.807) is 0 Å². The predicted octanol–water partition coefficient (Wildman–Crippen LogP) is 2.30. The highest BCUT2D eigenvalue weighted by Gasteiger charge is 2.16. The quantitative estimate of drug-likeness (QED) is 0.891. The van der Waals surface area contributed by atoms with Crippen LogP contribution in [0.4, 0.5) is 5.69 Å². The molecule has 1 saturated heterocycles. The van der Waals surface area contributed by atoms with Crippen molar-refractivity contribution in [1.82, 2.24) is 4.90 Å². The third kappa shape index (κ3) is 2.97. The van der Waals surface area contributed by atoms with Crippen molar-refractivity contribution in [2.24, 2.45) is 0 Å². The van der Waals surface area contributed by atoms with Gasteiger partial charge in [-0.2, -0.15) is 0 Å². The minimum absolute atomic E-state index is 0. The molecule has 4 heteroatoms. The summed E-state index contributed by atoms with van der Waals surface area (Å²) in [5.41, 5.74) is 4.31. The van der Waals surface area contributed by atoms with E-state index < -0.39 is 0 Å². The Hall–Kier alpha value is -0.770. The van der Waals surface area contributed by atoms with E-state index >= 15 is 0 Å². The maximum absolute atomic E-state index is 5.50. The first-order valence-corrected chi connectivity index (χ1v) is 6.58. The first-order chi connectivity index (χ1) is 8.43. The van der Waals surface area contributed by atoms with Crippen molar-refractivity contribution < 1.29 is 4.74 Å². The van der Waals surface area contributed by atoms with Gasteiger partial charge in [0.25, 0.3) is 0 Å². The van der Waals surface area contributed by atoms with Crippen LogP contribution in [0.1, 0.15) is 17.5 Å². The molecule has 0 bridgehead atoms. The Labute approximate surface area is 115 Å². The maximum Gasteiger partial charge on any atom is 0.0593 e. The average molecular weight is 269 g/mol. The summed E-state index contributed by atoms with van der Waals surface area (Å²) in [7, 11) is 0. The summed E-state index contributed by atoms with van der Waals surface area (Å²) in [5, 5.41) is 3.52. The normalized spacial score (nSPS) is 19.6. The second-order valence-corrected chi connectivity index (χ2v) is 4.87. The molecule has 0 amide bonds. The van der Waals surface area contributed by atoms with E-state index in [1.807, 2.05) is 0 Å². The van der Waals surface area contributed by atoms with Crippen LogP contribution < -0.4 is 5.32 Å². The second kappa shape index (κ2) is 6.41. The highest BCUT2D eigenvalue weighted by Crippen LogP contribution is 2.27. The summed E-state index contributed by atoms with van der Waals surface area (Å²) in [4.78, 5) is 2.50. The van der Waals surface area contributed by atoms with E-state index in [0.29, 0.717) is 0 Å². The van der Waals surface area contributed by atoms with Gasteiger partial charge in [-0.1, -0.05) is 18.2 Å². The molecule has 1 aromatic rings. The van der Waals surface area contributed by atoms with E-state index in [-0.39, 0.29) is 12.4 Å². The van der Waals surface area contributed by atoms with Gasteiger partial charge in [0.15, 0.2) is 0 Å². The van der Waals surface area contributed by atoms with Gasteiger partial charge in [0, 0.05) is 38.5 Å². The molecule has 0 saturated carbocycles. The lowest BCUT2D eigenvalue weighted by atomic mass is 10.1. The molecular weight excluding hydrogens is 248 g/mol. The molecule has 3 rings (SSSR count). The summed E-state index contributed by atoms with van der Waals surface area (Å²) in [6.07, 6.45) is 2.33. The number of nitrogens with zero attached hydrogens (tertiary/aromatic N) is 1. The molecule has 1 aromatic carbocycles. The van der Waals surface area contributed by atoms with Gasteiger partial charge in [0.1, 0.15) is 0 Å². The van der Waals surface area contributed by atoms with Crippen LogP contribution in [0.15, 0.2) is 18.2 Å². The van der Waals surface area contributed by atoms with Crippen molar-refractivity contribution in [1.29, 1.82) is 0 Å². The molecule has 18 heavy (non-hydrogen) atoms. The monoisotopic (exact) mass is 268 g/mol. The van der Waals surface area contributed by atoms with Crippen LogP contribution >= 0.6 is 12.4 Å². The standard InChI is InChI=1S/C14H20N2O.ClH/c1-3-12-5-6-15-14(12)13(4-1)11-16-7-2-9-17-10-8-16;/h1,3-4,15H,2,5-11H2;1H. The fourth-order valence-corrected chi connectivity index (χ4v) is 2.74. The zero-order chi connectivity index (χ0) is 11.5. The molecule has 100 valence electrons. The number of rotatable bonds is 2. The van der Waals surface area contributed by atoms with Crippen LogP contribution in [-0.4, -0.2) is 37.7 Å². The van der Waals surface area contributed by atoms with Crippen molar-refractivity contribution in [2.75, 3.05) is 38.2 Å². The number of hydrogen-bond donors (Lipinski definition) is 1. The van der Waals surface area contributed by atoms with Crippen LogP contribution in [0, 0.1) is 0 Å². The molecular formula is C14H21ClN2O. The first kappa shape index (κ1) is 13.7. The SMILES string of the molecule is Cl.c1cc2c(c(CN3CCCOCC3)c1)NCC2. The predicted molar refractivity (Wildman–Crippen MR) is 76.6 cm³/mol. The molecule has 2 heterocycles. The third-order valence-electron chi connectivity index (χ3n) is 3.64. The number of anilines is 1. The fraction of sp³-hybridized carbons (Fsp3) is 0.571. The van der Waals surface area contributed by atoms with Gasteiger partial charge in [-0.15, -0.1) is 12.4 Å². The number of benzene rings is 1. The third-order valence-corrected chi connectivity index (χ3v) is 3.64. The summed E-state index contributed by atoms with van der Waals surface area (Å²) in [6.45, 7) is 6.16. The first-order valence-electron chi connectivity index (χ1n) is 6.58. The van der Waals surface area contributed by atoms with Crippen molar-refractivity contribution in [2.45, 2.75) is 19.4 Å². The Morgan fingerprint density at radius 2 is 2.17 bits per heavy atom. The van der Waals surface area contributed by atoms with Gasteiger partial charge in [-0.05, 0) is 24.0 Å². The van der Waals surface area contributed by atoms with E-state index in [4.69, 9.17) is 4.74 Å². The van der Waals surface area contributed by atoms with Crippen LogP contribution in [0.3, 0.4) is 0 Å². The minimum Gasteiger partial charge on any atom is -0.384 e. The second-order valence-electron chi connectivity index (χ2n) is 4.87. The van der Waals surface area contributed by atoms with E-state index in [0.717, 1.165) is 45.8 Å². The zero-order valence-electron chi connectivity index (χ0n) is 10.7. The number of halogens is 1. The highest BCUT2D eigenvalue weighted by atomic mass is 35.5. The molecule has 2 aliphatic rings. The minimum atomic E-state index is 0. The van der Waals surface area contributed by atoms with Gasteiger partial charge in [0.2, 0.25) is 0 Å². The summed E-state index contributed by atoms with van der Waals surface area (Å²) >= 11 is 0. The maximum atomic E-state index is 5.50. The van der Waals surface area contributed by atoms with E-state index in [9.17, 15) is 0 Å². The number of fused-ring (bicyclic) bond motifs is 1. The molecule has 0 radical (unpaired) electrons. The lowest BCUT2D eigenvalue weighted by Crippen LogP contribution is -2.26. The number of hydrogen-bond acceptors (Lipinski definition) is 3. The van der Waals surface area contributed by atoms with Crippen molar-refractivity contribution in [3.05, 3.63) is 29.3 Å². The van der Waals surface area contributed by atoms with Crippen LogP contribution in [0.25, 0.3) is 0 Å². The number of ether oxygens (including phenoxy) is 1. The van der Waals surface area contributed by atoms with Crippen molar-refractivity contribution >= 4 is 18.1 Å². The molecule has 3 nitrogen and oxygen atoms in total. The average Bonchev–Trinajstić information content (AvgIpc) is 2.69. The highest BCUT2D eigenvalue weighted by molar-refractivity contribution is 5.85. The van der Waals surface area contributed by atoms with Crippen LogP contribution in [-0.2, 0) is 17.7 Å². The molecule has 0 spiro atoms. The summed E-state index contributed by atoms with van der Waals surface area (Å²) in [5.74, 6) is 0. The zero-order valence-corrected chi connectivity index (χ0v) is 11.5. The van der Waals surface area contributed by atoms with Crippen molar-refractivity contribution in [3.8, 4) is 0 Å². The summed E-state index contributed by atoms with van der Waals surface area (Å²) < 4.78 is 5.50. The Kier molecular flexibility index (Phi) is 4.87. The number of para-hydroxylation sites is 1. The van der Waals surface area contributed by atoms with Gasteiger partial charge < -0.3 is 10.1 Å². The smallest absolute Gasteiger partial charge is 0.0593 e. The van der Waals surface area contributed by atoms with Gasteiger partial charge in [-0.25, -0.2) is 0 Å². The largest absolute Gasteiger partial charge is 0.384 e. The lowest BCUT2D eigenvalue weighted by Gasteiger charge is -2.20. The van der Waals surface area contributed by atoms with Crippen molar-refractivity contribution in [3.63, 3.8) is 0 Å². The lowest BCUT2D eigenvalue weighted by molar-refractivity contribution is 0.140. The van der Waals surface area contributed by atoms with Crippen LogP contribution in [0.5, 0.6) is 0 Å². The van der Waals surface area contributed by atoms with Crippen LogP contribution in [0.2, 0.25) is 0 Å². The van der Waals surface area contributed by atoms with E-state index in [1.165, 1.54) is 23.2 Å². The van der Waals surface area contributed by atoms with Gasteiger partial charge in [-0.3, -0.25) is 4.90 Å². The van der Waals surface area contributed by atoms with Gasteiger partial charge in [0.05, 0.1) is 6.61 Å². The topological polar surface area (TPSA) is 24.5 Å². The Morgan fingerprint density at radius 1 is 1.22 bits per heavy atom. The molecule has 0 unspecified atom stereocenters. The van der Waals surface area contributed by atoms with E-state index in [2.05, 4.69) is 28.4 Å².